The van der Waals surface area contributed by atoms with Gasteiger partial charge in [-0.2, -0.15) is 5.10 Å². The number of rotatable bonds is 3. The van der Waals surface area contributed by atoms with E-state index < -0.39 is 0 Å². The number of carbonyl (C=O) groups is 1. The third-order valence-corrected chi connectivity index (χ3v) is 4.25. The van der Waals surface area contributed by atoms with Gasteiger partial charge >= 0.3 is 0 Å². The molecule has 3 heterocycles. The van der Waals surface area contributed by atoms with Gasteiger partial charge in [0.1, 0.15) is 0 Å². The van der Waals surface area contributed by atoms with Crippen molar-refractivity contribution in [2.24, 2.45) is 0 Å². The molecule has 2 aliphatic rings. The lowest BCUT2D eigenvalue weighted by molar-refractivity contribution is -0.137. The van der Waals surface area contributed by atoms with Gasteiger partial charge in [-0.3, -0.25) is 14.4 Å². The van der Waals surface area contributed by atoms with Crippen molar-refractivity contribution in [2.45, 2.75) is 25.6 Å². The summed E-state index contributed by atoms with van der Waals surface area (Å²) in [5.41, 5.74) is 1.03. The summed E-state index contributed by atoms with van der Waals surface area (Å²) < 4.78 is 7.23. The van der Waals surface area contributed by atoms with E-state index in [-0.39, 0.29) is 18.6 Å². The van der Waals surface area contributed by atoms with Crippen molar-refractivity contribution < 1.29 is 14.6 Å². The molecule has 0 radical (unpaired) electrons. The molecular formula is C14H22N4O3. The molecule has 0 bridgehead atoms. The summed E-state index contributed by atoms with van der Waals surface area (Å²) in [6.45, 7) is 4.62. The third-order valence-electron chi connectivity index (χ3n) is 4.25. The highest BCUT2D eigenvalue weighted by Crippen LogP contribution is 2.17. The Morgan fingerprint density at radius 1 is 1.38 bits per heavy atom. The van der Waals surface area contributed by atoms with Crippen LogP contribution in [0, 0.1) is 0 Å². The third kappa shape index (κ3) is 3.25. The molecular weight excluding hydrogens is 272 g/mol. The normalized spacial score (nSPS) is 23.7. The van der Waals surface area contributed by atoms with Gasteiger partial charge in [-0.1, -0.05) is 0 Å². The number of amides is 1. The summed E-state index contributed by atoms with van der Waals surface area (Å²) in [6, 6.07) is 1.81. The van der Waals surface area contributed by atoms with Gasteiger partial charge in [0.2, 0.25) is 5.91 Å². The van der Waals surface area contributed by atoms with E-state index in [1.54, 1.807) is 11.1 Å². The standard InChI is InChI=1S/C14H22N4O3/c19-11-13-2-4-18-12(1-3-15-18)9-17(13)14(20)10-16-5-7-21-8-6-16/h1,3,13,19H,2,4-11H2/t13-/m1/s1. The second-order valence-electron chi connectivity index (χ2n) is 5.58. The Hall–Kier alpha value is -1.44. The summed E-state index contributed by atoms with van der Waals surface area (Å²) in [4.78, 5) is 16.5. The Morgan fingerprint density at radius 2 is 2.19 bits per heavy atom. The minimum atomic E-state index is -0.125. The van der Waals surface area contributed by atoms with Crippen molar-refractivity contribution in [3.63, 3.8) is 0 Å². The number of hydrogen-bond acceptors (Lipinski definition) is 5. The zero-order chi connectivity index (χ0) is 14.7. The van der Waals surface area contributed by atoms with E-state index in [2.05, 4.69) is 10.00 Å². The molecule has 2 aliphatic heterocycles. The van der Waals surface area contributed by atoms with Crippen LogP contribution in [0.25, 0.3) is 0 Å². The van der Waals surface area contributed by atoms with Crippen LogP contribution in [0.15, 0.2) is 12.3 Å². The van der Waals surface area contributed by atoms with Crippen molar-refractivity contribution in [2.75, 3.05) is 39.5 Å². The highest BCUT2D eigenvalue weighted by atomic mass is 16.5. The van der Waals surface area contributed by atoms with Crippen LogP contribution in [-0.4, -0.2) is 76.1 Å². The van der Waals surface area contributed by atoms with Crippen LogP contribution in [0.4, 0.5) is 0 Å². The number of aliphatic hydroxyl groups excluding tert-OH is 1. The molecule has 3 rings (SSSR count). The summed E-state index contributed by atoms with van der Waals surface area (Å²) in [5.74, 6) is 0.0746. The highest BCUT2D eigenvalue weighted by Gasteiger charge is 2.28. The number of fused-ring (bicyclic) bond motifs is 1. The maximum absolute atomic E-state index is 12.6. The molecule has 1 saturated heterocycles. The fourth-order valence-electron chi connectivity index (χ4n) is 2.95. The first-order valence-electron chi connectivity index (χ1n) is 7.49. The van der Waals surface area contributed by atoms with Crippen molar-refractivity contribution >= 4 is 5.91 Å². The van der Waals surface area contributed by atoms with Gasteiger partial charge in [0.05, 0.1) is 44.6 Å². The van der Waals surface area contributed by atoms with E-state index in [0.29, 0.717) is 26.3 Å². The maximum Gasteiger partial charge on any atom is 0.237 e. The molecule has 0 aromatic carbocycles. The number of aryl methyl sites for hydroxylation is 1. The van der Waals surface area contributed by atoms with Crippen LogP contribution in [0.3, 0.4) is 0 Å². The van der Waals surface area contributed by atoms with Crippen molar-refractivity contribution in [1.29, 1.82) is 0 Å². The number of aromatic nitrogens is 2. The van der Waals surface area contributed by atoms with Crippen LogP contribution in [0.5, 0.6) is 0 Å². The van der Waals surface area contributed by atoms with Gasteiger partial charge in [0.15, 0.2) is 0 Å². The molecule has 1 aromatic rings. The van der Waals surface area contributed by atoms with Gasteiger partial charge in [0, 0.05) is 25.8 Å². The second kappa shape index (κ2) is 6.55. The molecule has 1 amide bonds. The van der Waals surface area contributed by atoms with Gasteiger partial charge in [-0.15, -0.1) is 0 Å². The number of aliphatic hydroxyl groups is 1. The van der Waals surface area contributed by atoms with Crippen LogP contribution in [-0.2, 0) is 22.6 Å². The van der Waals surface area contributed by atoms with Crippen LogP contribution < -0.4 is 0 Å². The Kier molecular flexibility index (Phi) is 4.52. The number of morpholine rings is 1. The minimum absolute atomic E-state index is 0.000312. The molecule has 21 heavy (non-hydrogen) atoms. The quantitative estimate of drug-likeness (QED) is 0.799. The average Bonchev–Trinajstić information content (AvgIpc) is 2.87. The first-order valence-corrected chi connectivity index (χ1v) is 7.49. The molecule has 7 heteroatoms. The SMILES string of the molecule is O=C(CN1CCOCC1)N1Cc2ccnn2CC[C@@H]1CO. The molecule has 1 fully saturated rings. The lowest BCUT2D eigenvalue weighted by atomic mass is 10.2. The molecule has 1 N–H and O–H groups in total. The Morgan fingerprint density at radius 3 is 2.95 bits per heavy atom. The molecule has 7 nitrogen and oxygen atoms in total. The smallest absolute Gasteiger partial charge is 0.237 e. The van der Waals surface area contributed by atoms with Crippen LogP contribution in [0.2, 0.25) is 0 Å². The molecule has 0 spiro atoms. The van der Waals surface area contributed by atoms with E-state index >= 15 is 0 Å². The van der Waals surface area contributed by atoms with Gasteiger partial charge in [-0.25, -0.2) is 0 Å². The van der Waals surface area contributed by atoms with Gasteiger partial charge < -0.3 is 14.7 Å². The van der Waals surface area contributed by atoms with Crippen molar-refractivity contribution in [3.8, 4) is 0 Å². The average molecular weight is 294 g/mol. The Bertz CT molecular complexity index is 484. The molecule has 116 valence electrons. The van der Waals surface area contributed by atoms with Crippen molar-refractivity contribution in [3.05, 3.63) is 18.0 Å². The molecule has 0 saturated carbocycles. The zero-order valence-corrected chi connectivity index (χ0v) is 12.1. The number of carbonyl (C=O) groups excluding carboxylic acids is 1. The largest absolute Gasteiger partial charge is 0.394 e. The van der Waals surface area contributed by atoms with E-state index in [4.69, 9.17) is 4.74 Å². The summed E-state index contributed by atoms with van der Waals surface area (Å²) >= 11 is 0. The molecule has 1 aromatic heterocycles. The first-order chi connectivity index (χ1) is 10.3. The number of nitrogens with zero attached hydrogens (tertiary/aromatic N) is 4. The molecule has 0 unspecified atom stereocenters. The zero-order valence-electron chi connectivity index (χ0n) is 12.1. The van der Waals surface area contributed by atoms with Gasteiger partial charge in [-0.05, 0) is 12.5 Å². The summed E-state index contributed by atoms with van der Waals surface area (Å²) in [7, 11) is 0. The van der Waals surface area contributed by atoms with E-state index in [0.717, 1.165) is 31.7 Å². The van der Waals surface area contributed by atoms with E-state index in [9.17, 15) is 9.90 Å². The van der Waals surface area contributed by atoms with Crippen molar-refractivity contribution in [1.82, 2.24) is 19.6 Å². The summed E-state index contributed by atoms with van der Waals surface area (Å²) in [5, 5.41) is 13.9. The number of ether oxygens (including phenoxy) is 1. The van der Waals surface area contributed by atoms with Crippen LogP contribution >= 0.6 is 0 Å². The summed E-state index contributed by atoms with van der Waals surface area (Å²) in [6.07, 6.45) is 2.50. The highest BCUT2D eigenvalue weighted by molar-refractivity contribution is 5.78. The van der Waals surface area contributed by atoms with Gasteiger partial charge in [0.25, 0.3) is 0 Å². The Balaban J connectivity index is 1.69. The lowest BCUT2D eigenvalue weighted by Crippen LogP contribution is -2.48. The van der Waals surface area contributed by atoms with E-state index in [1.165, 1.54) is 0 Å². The molecule has 0 aliphatic carbocycles. The predicted octanol–water partition coefficient (Wildman–Crippen LogP) is -0.691. The lowest BCUT2D eigenvalue weighted by Gasteiger charge is -2.32. The minimum Gasteiger partial charge on any atom is -0.394 e. The fourth-order valence-corrected chi connectivity index (χ4v) is 2.95. The Labute approximate surface area is 124 Å². The second-order valence-corrected chi connectivity index (χ2v) is 5.58. The first kappa shape index (κ1) is 14.5. The van der Waals surface area contributed by atoms with E-state index in [1.807, 2.05) is 10.7 Å². The molecule has 1 atom stereocenters. The fraction of sp³-hybridized carbons (Fsp3) is 0.714. The predicted molar refractivity (Wildman–Crippen MR) is 75.5 cm³/mol. The maximum atomic E-state index is 12.6. The monoisotopic (exact) mass is 294 g/mol. The topological polar surface area (TPSA) is 70.8 Å². The van der Waals surface area contributed by atoms with Crippen LogP contribution in [0.1, 0.15) is 12.1 Å². The number of hydrogen-bond donors (Lipinski definition) is 1.